The van der Waals surface area contributed by atoms with Gasteiger partial charge in [-0.15, -0.1) is 12.4 Å². The van der Waals surface area contributed by atoms with Crippen molar-refractivity contribution in [2.24, 2.45) is 23.5 Å². The van der Waals surface area contributed by atoms with Gasteiger partial charge in [-0.3, -0.25) is 4.79 Å². The lowest BCUT2D eigenvalue weighted by molar-refractivity contribution is -0.127. The van der Waals surface area contributed by atoms with E-state index in [0.717, 1.165) is 24.8 Å². The van der Waals surface area contributed by atoms with Crippen molar-refractivity contribution in [2.45, 2.75) is 43.2 Å². The number of hydrogen-bond donors (Lipinski definition) is 3. The van der Waals surface area contributed by atoms with E-state index in [-0.39, 0.29) is 41.2 Å². The Bertz CT molecular complexity index is 738. The molecule has 6 nitrogen and oxygen atoms in total. The molecule has 1 aromatic rings. The first kappa shape index (κ1) is 20.2. The molecule has 2 saturated carbocycles. The molecule has 0 radical (unpaired) electrons. The van der Waals surface area contributed by atoms with Crippen LogP contribution in [0.1, 0.15) is 37.8 Å². The molecule has 1 aromatic carbocycles. The molecule has 0 spiro atoms. The van der Waals surface area contributed by atoms with Crippen molar-refractivity contribution in [1.82, 2.24) is 10.0 Å². The second-order valence-electron chi connectivity index (χ2n) is 6.95. The molecule has 2 fully saturated rings. The summed E-state index contributed by atoms with van der Waals surface area (Å²) in [6.07, 6.45) is 3.28. The van der Waals surface area contributed by atoms with E-state index < -0.39 is 10.0 Å². The third kappa shape index (κ3) is 3.84. The van der Waals surface area contributed by atoms with Gasteiger partial charge in [0, 0.05) is 6.04 Å². The number of fused-ring (bicyclic) bond motifs is 2. The Morgan fingerprint density at radius 2 is 1.96 bits per heavy atom. The lowest BCUT2D eigenvalue weighted by Gasteiger charge is -2.28. The van der Waals surface area contributed by atoms with E-state index in [0.29, 0.717) is 11.8 Å². The van der Waals surface area contributed by atoms with Crippen molar-refractivity contribution < 1.29 is 13.2 Å². The number of halogens is 1. The van der Waals surface area contributed by atoms with Gasteiger partial charge in [-0.1, -0.05) is 12.1 Å². The Morgan fingerprint density at radius 1 is 1.28 bits per heavy atom. The minimum atomic E-state index is -3.50. The van der Waals surface area contributed by atoms with Crippen LogP contribution in [0.4, 0.5) is 0 Å². The molecule has 3 rings (SSSR count). The third-order valence-electron chi connectivity index (χ3n) is 5.58. The maximum atomic E-state index is 12.6. The zero-order chi connectivity index (χ0) is 17.5. The average molecular weight is 388 g/mol. The predicted octanol–water partition coefficient (Wildman–Crippen LogP) is 1.57. The summed E-state index contributed by atoms with van der Waals surface area (Å²) in [5.41, 5.74) is 6.99. The lowest BCUT2D eigenvalue weighted by atomic mass is 9.84. The smallest absolute Gasteiger partial charge is 0.240 e. The fraction of sp³-hybridized carbons (Fsp3) is 0.588. The molecular weight excluding hydrogens is 362 g/mol. The van der Waals surface area contributed by atoms with E-state index in [9.17, 15) is 13.2 Å². The van der Waals surface area contributed by atoms with Gasteiger partial charge >= 0.3 is 0 Å². The molecule has 2 bridgehead atoms. The second-order valence-corrected chi connectivity index (χ2v) is 8.83. The first-order valence-electron chi connectivity index (χ1n) is 8.43. The van der Waals surface area contributed by atoms with Gasteiger partial charge in [-0.25, -0.2) is 13.1 Å². The highest BCUT2D eigenvalue weighted by Gasteiger charge is 2.49. The Morgan fingerprint density at radius 3 is 2.56 bits per heavy atom. The van der Waals surface area contributed by atoms with E-state index in [1.165, 1.54) is 13.1 Å². The molecule has 5 unspecified atom stereocenters. The lowest BCUT2D eigenvalue weighted by Crippen LogP contribution is -2.45. The Balaban J connectivity index is 0.00000225. The Hall–Kier alpha value is -1.15. The van der Waals surface area contributed by atoms with Crippen LogP contribution in [-0.4, -0.2) is 27.4 Å². The number of amides is 1. The van der Waals surface area contributed by atoms with Crippen LogP contribution in [-0.2, 0) is 14.8 Å². The van der Waals surface area contributed by atoms with Crippen LogP contribution < -0.4 is 15.8 Å². The third-order valence-corrected chi connectivity index (χ3v) is 6.99. The highest BCUT2D eigenvalue weighted by Crippen LogP contribution is 2.47. The molecule has 0 aromatic heterocycles. The molecule has 25 heavy (non-hydrogen) atoms. The standard InChI is InChI=1S/C17H25N3O3S.ClH/c1-10(11-4-3-5-14(9-11)24(22,23)19-2)20-17(21)15-12-6-7-13(8-12)16(15)18;/h3-5,9-10,12-13,15-16,19H,6-8,18H2,1-2H3,(H,20,21);1H. The van der Waals surface area contributed by atoms with E-state index in [4.69, 9.17) is 5.73 Å². The molecule has 1 amide bonds. The molecule has 2 aliphatic carbocycles. The summed E-state index contributed by atoms with van der Waals surface area (Å²) < 4.78 is 26.1. The van der Waals surface area contributed by atoms with E-state index >= 15 is 0 Å². The second kappa shape index (κ2) is 7.61. The fourth-order valence-electron chi connectivity index (χ4n) is 4.19. The van der Waals surface area contributed by atoms with Crippen molar-refractivity contribution in [3.63, 3.8) is 0 Å². The normalized spacial score (nSPS) is 29.1. The quantitative estimate of drug-likeness (QED) is 0.713. The number of sulfonamides is 1. The molecule has 140 valence electrons. The summed E-state index contributed by atoms with van der Waals surface area (Å²) in [6, 6.07) is 6.32. The van der Waals surface area contributed by atoms with E-state index in [2.05, 4.69) is 10.0 Å². The first-order valence-corrected chi connectivity index (χ1v) is 9.91. The fourth-order valence-corrected chi connectivity index (χ4v) is 4.97. The summed E-state index contributed by atoms with van der Waals surface area (Å²) in [5.74, 6) is 0.748. The molecular formula is C17H26ClN3O3S. The SMILES string of the molecule is CNS(=O)(=O)c1cccc(C(C)NC(=O)C2C3CCC(C3)C2N)c1.Cl. The van der Waals surface area contributed by atoms with Gasteiger partial charge in [0.1, 0.15) is 0 Å². The van der Waals surface area contributed by atoms with Gasteiger partial charge < -0.3 is 11.1 Å². The average Bonchev–Trinajstić information content (AvgIpc) is 3.15. The molecule has 2 aliphatic rings. The minimum absolute atomic E-state index is 0. The maximum absolute atomic E-state index is 12.6. The number of benzene rings is 1. The number of carbonyl (C=O) groups excluding carboxylic acids is 1. The summed E-state index contributed by atoms with van der Waals surface area (Å²) >= 11 is 0. The largest absolute Gasteiger partial charge is 0.349 e. The van der Waals surface area contributed by atoms with Crippen molar-refractivity contribution in [3.8, 4) is 0 Å². The van der Waals surface area contributed by atoms with Crippen LogP contribution in [0.2, 0.25) is 0 Å². The maximum Gasteiger partial charge on any atom is 0.240 e. The van der Waals surface area contributed by atoms with Crippen LogP contribution in [0, 0.1) is 17.8 Å². The number of nitrogens with one attached hydrogen (secondary N) is 2. The summed E-state index contributed by atoms with van der Waals surface area (Å²) in [6.45, 7) is 1.86. The summed E-state index contributed by atoms with van der Waals surface area (Å²) in [4.78, 5) is 12.8. The minimum Gasteiger partial charge on any atom is -0.349 e. The zero-order valence-electron chi connectivity index (χ0n) is 14.4. The Labute approximate surface area is 155 Å². The predicted molar refractivity (Wildman–Crippen MR) is 98.8 cm³/mol. The monoisotopic (exact) mass is 387 g/mol. The van der Waals surface area contributed by atoms with Crippen LogP contribution in [0.15, 0.2) is 29.2 Å². The zero-order valence-corrected chi connectivity index (χ0v) is 16.1. The summed E-state index contributed by atoms with van der Waals surface area (Å²) in [7, 11) is -2.12. The Kier molecular flexibility index (Phi) is 6.14. The van der Waals surface area contributed by atoms with Gasteiger partial charge in [0.25, 0.3) is 0 Å². The van der Waals surface area contributed by atoms with Gasteiger partial charge in [0.2, 0.25) is 15.9 Å². The molecule has 4 N–H and O–H groups in total. The van der Waals surface area contributed by atoms with Crippen molar-refractivity contribution >= 4 is 28.3 Å². The number of hydrogen-bond acceptors (Lipinski definition) is 4. The van der Waals surface area contributed by atoms with Crippen molar-refractivity contribution in [3.05, 3.63) is 29.8 Å². The van der Waals surface area contributed by atoms with Gasteiger partial charge in [-0.05, 0) is 62.8 Å². The van der Waals surface area contributed by atoms with E-state index in [1.807, 2.05) is 13.0 Å². The van der Waals surface area contributed by atoms with E-state index in [1.54, 1.807) is 12.1 Å². The molecule has 5 atom stereocenters. The molecule has 0 saturated heterocycles. The highest BCUT2D eigenvalue weighted by atomic mass is 35.5. The molecule has 8 heteroatoms. The van der Waals surface area contributed by atoms with Gasteiger partial charge in [0.15, 0.2) is 0 Å². The topological polar surface area (TPSA) is 101 Å². The first-order chi connectivity index (χ1) is 11.3. The summed E-state index contributed by atoms with van der Waals surface area (Å²) in [5, 5.41) is 3.02. The van der Waals surface area contributed by atoms with Gasteiger partial charge in [-0.2, -0.15) is 0 Å². The van der Waals surface area contributed by atoms with Crippen LogP contribution in [0.3, 0.4) is 0 Å². The van der Waals surface area contributed by atoms with Crippen LogP contribution in [0.5, 0.6) is 0 Å². The molecule has 0 heterocycles. The number of carbonyl (C=O) groups is 1. The van der Waals surface area contributed by atoms with Crippen molar-refractivity contribution in [1.29, 1.82) is 0 Å². The van der Waals surface area contributed by atoms with Crippen LogP contribution in [0.25, 0.3) is 0 Å². The van der Waals surface area contributed by atoms with Gasteiger partial charge in [0.05, 0.1) is 16.9 Å². The number of rotatable bonds is 5. The number of nitrogens with two attached hydrogens (primary N) is 1. The van der Waals surface area contributed by atoms with Crippen LogP contribution >= 0.6 is 12.4 Å². The van der Waals surface area contributed by atoms with Crippen molar-refractivity contribution in [2.75, 3.05) is 7.05 Å². The highest BCUT2D eigenvalue weighted by molar-refractivity contribution is 7.89. The molecule has 0 aliphatic heterocycles.